The lowest BCUT2D eigenvalue weighted by molar-refractivity contribution is -0.0173. The predicted octanol–water partition coefficient (Wildman–Crippen LogP) is 2.62. The van der Waals surface area contributed by atoms with Crippen LogP contribution >= 0.6 is 0 Å². The quantitative estimate of drug-likeness (QED) is 0.645. The molecule has 3 heterocycles. The molecule has 0 aliphatic carbocycles. The van der Waals surface area contributed by atoms with Gasteiger partial charge in [-0.3, -0.25) is 9.69 Å². The first-order valence-corrected chi connectivity index (χ1v) is 11.2. The molecule has 2 aliphatic heterocycles. The minimum absolute atomic E-state index is 0.0308. The van der Waals surface area contributed by atoms with Gasteiger partial charge in [0.2, 0.25) is 0 Å². The second-order valence-corrected chi connectivity index (χ2v) is 8.88. The highest BCUT2D eigenvalue weighted by atomic mass is 16.5. The first-order valence-electron chi connectivity index (χ1n) is 11.2. The molecule has 0 saturated carbocycles. The molecule has 32 heavy (non-hydrogen) atoms. The second-order valence-electron chi connectivity index (χ2n) is 8.88. The third-order valence-corrected chi connectivity index (χ3v) is 6.43. The van der Waals surface area contributed by atoms with Crippen LogP contribution in [0.25, 0.3) is 16.8 Å². The van der Waals surface area contributed by atoms with Crippen molar-refractivity contribution in [1.82, 2.24) is 30.4 Å². The number of fused-ring (bicyclic) bond motifs is 2. The van der Waals surface area contributed by atoms with Crippen molar-refractivity contribution in [3.8, 4) is 16.8 Å². The molecule has 2 aromatic carbocycles. The molecule has 8 heteroatoms. The Balaban J connectivity index is 1.38. The third kappa shape index (κ3) is 4.28. The van der Waals surface area contributed by atoms with Crippen molar-refractivity contribution >= 4 is 5.91 Å². The number of nitrogens with one attached hydrogen (secondary N) is 1. The van der Waals surface area contributed by atoms with E-state index in [1.54, 1.807) is 4.68 Å². The zero-order valence-corrected chi connectivity index (χ0v) is 18.4. The van der Waals surface area contributed by atoms with E-state index in [-0.39, 0.29) is 11.9 Å². The molecule has 166 valence electrons. The van der Waals surface area contributed by atoms with E-state index in [0.29, 0.717) is 17.6 Å². The van der Waals surface area contributed by atoms with Crippen molar-refractivity contribution in [2.45, 2.75) is 44.8 Å². The summed E-state index contributed by atoms with van der Waals surface area (Å²) in [7, 11) is 0. The molecule has 2 fully saturated rings. The fourth-order valence-electron chi connectivity index (χ4n) is 4.75. The number of aromatic nitrogens is 4. The van der Waals surface area contributed by atoms with Gasteiger partial charge in [-0.1, -0.05) is 29.8 Å². The average molecular weight is 433 g/mol. The molecule has 2 bridgehead atoms. The molecule has 5 rings (SSSR count). The maximum Gasteiger partial charge on any atom is 0.251 e. The van der Waals surface area contributed by atoms with Gasteiger partial charge in [-0.25, -0.2) is 4.68 Å². The first-order chi connectivity index (χ1) is 15.6. The minimum atomic E-state index is -0.0959. The largest absolute Gasteiger partial charge is 0.378 e. The Kier molecular flexibility index (Phi) is 5.71. The van der Waals surface area contributed by atoms with Crippen LogP contribution in [-0.4, -0.2) is 68.9 Å². The molecule has 2 aliphatic rings. The van der Waals surface area contributed by atoms with E-state index in [0.717, 1.165) is 36.6 Å². The molecule has 3 atom stereocenters. The summed E-state index contributed by atoms with van der Waals surface area (Å²) in [5.41, 5.74) is 4.51. The van der Waals surface area contributed by atoms with Gasteiger partial charge in [-0.05, 0) is 66.4 Å². The fraction of sp³-hybridized carbons (Fsp3) is 0.417. The number of morpholine rings is 1. The van der Waals surface area contributed by atoms with E-state index >= 15 is 0 Å². The lowest BCUT2D eigenvalue weighted by atomic mass is 10.0. The summed E-state index contributed by atoms with van der Waals surface area (Å²) in [6, 6.07) is 15.0. The highest BCUT2D eigenvalue weighted by Crippen LogP contribution is 2.29. The number of carbonyl (C=O) groups is 1. The van der Waals surface area contributed by atoms with Gasteiger partial charge in [-0.15, -0.1) is 5.10 Å². The van der Waals surface area contributed by atoms with Crippen molar-refractivity contribution < 1.29 is 9.53 Å². The number of aryl methyl sites for hydroxylation is 1. The Morgan fingerprint density at radius 3 is 2.56 bits per heavy atom. The van der Waals surface area contributed by atoms with Gasteiger partial charge >= 0.3 is 0 Å². The molecule has 1 amide bonds. The number of hydrogen-bond acceptors (Lipinski definition) is 6. The van der Waals surface area contributed by atoms with Crippen molar-refractivity contribution in [3.05, 3.63) is 59.9 Å². The summed E-state index contributed by atoms with van der Waals surface area (Å²) in [5, 5.41) is 14.7. The van der Waals surface area contributed by atoms with Crippen LogP contribution in [0.3, 0.4) is 0 Å². The maximum atomic E-state index is 13.2. The summed E-state index contributed by atoms with van der Waals surface area (Å²) in [6.07, 6.45) is 3.89. The number of rotatable bonds is 6. The summed E-state index contributed by atoms with van der Waals surface area (Å²) in [5.74, 6) is -0.0959. The first kappa shape index (κ1) is 20.8. The highest BCUT2D eigenvalue weighted by Gasteiger charge is 2.37. The zero-order chi connectivity index (χ0) is 22.1. The van der Waals surface area contributed by atoms with Crippen LogP contribution in [0.5, 0.6) is 0 Å². The van der Waals surface area contributed by atoms with Crippen LogP contribution in [-0.2, 0) is 4.74 Å². The summed E-state index contributed by atoms with van der Waals surface area (Å²) < 4.78 is 7.26. The van der Waals surface area contributed by atoms with E-state index in [4.69, 9.17) is 4.74 Å². The van der Waals surface area contributed by atoms with Gasteiger partial charge in [-0.2, -0.15) is 0 Å². The number of carbonyl (C=O) groups excluding carboxylic acids is 1. The number of benzene rings is 2. The molecule has 1 aromatic heterocycles. The number of tetrazole rings is 1. The van der Waals surface area contributed by atoms with E-state index in [1.165, 1.54) is 24.7 Å². The summed E-state index contributed by atoms with van der Waals surface area (Å²) >= 11 is 0. The second kappa shape index (κ2) is 8.80. The van der Waals surface area contributed by atoms with Gasteiger partial charge in [0.05, 0.1) is 18.9 Å². The normalized spacial score (nSPS) is 21.4. The smallest absolute Gasteiger partial charge is 0.251 e. The summed E-state index contributed by atoms with van der Waals surface area (Å²) in [6.45, 7) is 6.55. The highest BCUT2D eigenvalue weighted by molar-refractivity contribution is 5.96. The topological polar surface area (TPSA) is 85.2 Å². The van der Waals surface area contributed by atoms with E-state index in [2.05, 4.69) is 63.9 Å². The Labute approximate surface area is 187 Å². The molecule has 0 radical (unpaired) electrons. The van der Waals surface area contributed by atoms with Crippen molar-refractivity contribution in [1.29, 1.82) is 0 Å². The Morgan fingerprint density at radius 1 is 1.12 bits per heavy atom. The molecular weight excluding hydrogens is 404 g/mol. The van der Waals surface area contributed by atoms with Crippen molar-refractivity contribution in [2.75, 3.05) is 19.8 Å². The van der Waals surface area contributed by atoms with Crippen LogP contribution in [0.1, 0.15) is 35.7 Å². The molecule has 1 N–H and O–H groups in total. The lowest BCUT2D eigenvalue weighted by Gasteiger charge is -2.36. The number of amides is 1. The third-order valence-electron chi connectivity index (χ3n) is 6.43. The Bertz CT molecular complexity index is 1070. The van der Waals surface area contributed by atoms with Crippen LogP contribution in [0, 0.1) is 6.92 Å². The summed E-state index contributed by atoms with van der Waals surface area (Å²) in [4.78, 5) is 15.7. The van der Waals surface area contributed by atoms with Crippen LogP contribution in [0.15, 0.2) is 48.8 Å². The number of hydrogen-bond donors (Lipinski definition) is 1. The molecule has 0 spiro atoms. The van der Waals surface area contributed by atoms with Crippen molar-refractivity contribution in [2.24, 2.45) is 0 Å². The molecular formula is C24H28N6O2. The van der Waals surface area contributed by atoms with Crippen LogP contribution in [0.4, 0.5) is 0 Å². The zero-order valence-electron chi connectivity index (χ0n) is 18.4. The monoisotopic (exact) mass is 432 g/mol. The maximum absolute atomic E-state index is 13.2. The van der Waals surface area contributed by atoms with Crippen LogP contribution < -0.4 is 5.32 Å². The number of nitrogens with zero attached hydrogens (tertiary/aromatic N) is 5. The molecule has 3 unspecified atom stereocenters. The molecule has 8 nitrogen and oxygen atoms in total. The molecule has 2 saturated heterocycles. The minimum Gasteiger partial charge on any atom is -0.378 e. The SMILES string of the molecule is Cc1ccc(-c2cc(C(=O)NC(C)CN3C4CCC3COC4)cc(-n3cnnn3)c2)cc1. The van der Waals surface area contributed by atoms with Gasteiger partial charge < -0.3 is 10.1 Å². The van der Waals surface area contributed by atoms with Gasteiger partial charge in [0, 0.05) is 30.2 Å². The van der Waals surface area contributed by atoms with Crippen LogP contribution in [0.2, 0.25) is 0 Å². The fourth-order valence-corrected chi connectivity index (χ4v) is 4.75. The van der Waals surface area contributed by atoms with Gasteiger partial charge in [0.1, 0.15) is 6.33 Å². The van der Waals surface area contributed by atoms with Gasteiger partial charge in [0.25, 0.3) is 5.91 Å². The predicted molar refractivity (Wildman–Crippen MR) is 121 cm³/mol. The van der Waals surface area contributed by atoms with E-state index in [1.807, 2.05) is 18.2 Å². The molecule has 3 aromatic rings. The standard InChI is InChI=1S/C24H28N6O2/c1-16-3-5-18(6-4-16)19-9-20(11-23(10-19)30-15-25-27-28-30)24(31)26-17(2)12-29-21-7-8-22(29)14-32-13-21/h3-6,9-11,15,17,21-22H,7-8,12-14H2,1-2H3,(H,26,31). The van der Waals surface area contributed by atoms with Gasteiger partial charge in [0.15, 0.2) is 0 Å². The van der Waals surface area contributed by atoms with E-state index in [9.17, 15) is 4.79 Å². The average Bonchev–Trinajstić information content (AvgIpc) is 3.39. The van der Waals surface area contributed by atoms with E-state index < -0.39 is 0 Å². The Morgan fingerprint density at radius 2 is 1.88 bits per heavy atom. The lowest BCUT2D eigenvalue weighted by Crippen LogP contribution is -2.51. The van der Waals surface area contributed by atoms with Crippen molar-refractivity contribution in [3.63, 3.8) is 0 Å². The Hall–Kier alpha value is -3.10. The number of ether oxygens (including phenoxy) is 1.